The number of likely N-dealkylation sites (N-methyl/N-ethyl adjacent to an activating group) is 1. The van der Waals surface area contributed by atoms with E-state index in [0.29, 0.717) is 5.41 Å². The summed E-state index contributed by atoms with van der Waals surface area (Å²) in [5.74, 6) is 0.718. The molecule has 0 saturated carbocycles. The second-order valence-electron chi connectivity index (χ2n) is 7.03. The van der Waals surface area contributed by atoms with Crippen LogP contribution in [0.4, 0.5) is 0 Å². The third-order valence-electron chi connectivity index (χ3n) is 4.14. The number of aromatic nitrogens is 1. The SMILES string of the molecule is CCC(C)(CNCC(C)C)CN(C)CCc1ccncc1. The molecule has 0 bridgehead atoms. The van der Waals surface area contributed by atoms with Gasteiger partial charge < -0.3 is 10.2 Å². The maximum absolute atomic E-state index is 4.07. The molecule has 0 aliphatic carbocycles. The molecule has 0 aromatic carbocycles. The fourth-order valence-corrected chi connectivity index (χ4v) is 2.56. The van der Waals surface area contributed by atoms with Crippen molar-refractivity contribution in [3.8, 4) is 0 Å². The van der Waals surface area contributed by atoms with Gasteiger partial charge in [-0.25, -0.2) is 0 Å². The predicted molar refractivity (Wildman–Crippen MR) is 91.5 cm³/mol. The first-order valence-corrected chi connectivity index (χ1v) is 8.23. The fraction of sp³-hybridized carbons (Fsp3) is 0.722. The van der Waals surface area contributed by atoms with E-state index in [9.17, 15) is 0 Å². The molecule has 0 saturated heterocycles. The van der Waals surface area contributed by atoms with Crippen LogP contribution in [0.2, 0.25) is 0 Å². The third-order valence-corrected chi connectivity index (χ3v) is 4.14. The highest BCUT2D eigenvalue weighted by molar-refractivity contribution is 5.09. The molecule has 0 fully saturated rings. The van der Waals surface area contributed by atoms with Crippen molar-refractivity contribution in [2.75, 3.05) is 33.2 Å². The topological polar surface area (TPSA) is 28.2 Å². The van der Waals surface area contributed by atoms with Gasteiger partial charge in [-0.3, -0.25) is 4.98 Å². The van der Waals surface area contributed by atoms with Crippen LogP contribution in [0.1, 0.15) is 39.7 Å². The molecule has 1 N–H and O–H groups in total. The van der Waals surface area contributed by atoms with Gasteiger partial charge in [-0.2, -0.15) is 0 Å². The van der Waals surface area contributed by atoms with Crippen molar-refractivity contribution in [3.63, 3.8) is 0 Å². The number of hydrogen-bond acceptors (Lipinski definition) is 3. The van der Waals surface area contributed by atoms with Crippen LogP contribution >= 0.6 is 0 Å². The first-order valence-electron chi connectivity index (χ1n) is 8.23. The second-order valence-corrected chi connectivity index (χ2v) is 7.03. The van der Waals surface area contributed by atoms with Crippen LogP contribution in [-0.4, -0.2) is 43.1 Å². The molecule has 3 heteroatoms. The molecular formula is C18H33N3. The van der Waals surface area contributed by atoms with E-state index in [0.717, 1.165) is 38.5 Å². The summed E-state index contributed by atoms with van der Waals surface area (Å²) >= 11 is 0. The van der Waals surface area contributed by atoms with Crippen LogP contribution in [0.25, 0.3) is 0 Å². The van der Waals surface area contributed by atoms with Crippen molar-refractivity contribution in [3.05, 3.63) is 30.1 Å². The van der Waals surface area contributed by atoms with Crippen molar-refractivity contribution in [1.29, 1.82) is 0 Å². The highest BCUT2D eigenvalue weighted by Gasteiger charge is 2.23. The van der Waals surface area contributed by atoms with Crippen molar-refractivity contribution >= 4 is 0 Å². The Morgan fingerprint density at radius 2 is 1.95 bits per heavy atom. The standard InChI is InChI=1S/C18H33N3/c1-6-18(4,14-20-13-16(2)3)15-21(5)12-9-17-7-10-19-11-8-17/h7-8,10-11,16,20H,6,9,12-15H2,1-5H3. The highest BCUT2D eigenvalue weighted by atomic mass is 15.1. The quantitative estimate of drug-likeness (QED) is 0.717. The minimum Gasteiger partial charge on any atom is -0.316 e. The Balaban J connectivity index is 2.36. The lowest BCUT2D eigenvalue weighted by Crippen LogP contribution is -2.42. The molecule has 1 aromatic heterocycles. The largest absolute Gasteiger partial charge is 0.316 e. The van der Waals surface area contributed by atoms with Gasteiger partial charge in [0.05, 0.1) is 0 Å². The molecule has 1 rings (SSSR count). The van der Waals surface area contributed by atoms with Gasteiger partial charge in [0.15, 0.2) is 0 Å². The first kappa shape index (κ1) is 18.1. The summed E-state index contributed by atoms with van der Waals surface area (Å²) in [6, 6.07) is 4.22. The molecule has 1 heterocycles. The molecule has 21 heavy (non-hydrogen) atoms. The van der Waals surface area contributed by atoms with E-state index in [1.165, 1.54) is 12.0 Å². The Morgan fingerprint density at radius 1 is 1.29 bits per heavy atom. The summed E-state index contributed by atoms with van der Waals surface area (Å²) in [5, 5.41) is 3.62. The maximum Gasteiger partial charge on any atom is 0.0270 e. The zero-order valence-electron chi connectivity index (χ0n) is 14.5. The summed E-state index contributed by atoms with van der Waals surface area (Å²) in [5.41, 5.74) is 1.72. The second kappa shape index (κ2) is 9.16. The molecule has 1 aromatic rings. The molecule has 120 valence electrons. The van der Waals surface area contributed by atoms with E-state index in [1.807, 2.05) is 12.4 Å². The van der Waals surface area contributed by atoms with Crippen molar-refractivity contribution in [1.82, 2.24) is 15.2 Å². The summed E-state index contributed by atoms with van der Waals surface area (Å²) in [6.45, 7) is 13.7. The molecule has 0 spiro atoms. The first-order chi connectivity index (χ1) is 9.95. The van der Waals surface area contributed by atoms with E-state index in [4.69, 9.17) is 0 Å². The lowest BCUT2D eigenvalue weighted by Gasteiger charge is -2.33. The van der Waals surface area contributed by atoms with Crippen LogP contribution in [0.5, 0.6) is 0 Å². The lowest BCUT2D eigenvalue weighted by molar-refractivity contribution is 0.180. The lowest BCUT2D eigenvalue weighted by atomic mass is 9.86. The van der Waals surface area contributed by atoms with E-state index >= 15 is 0 Å². The van der Waals surface area contributed by atoms with Gasteiger partial charge in [0, 0.05) is 32.0 Å². The van der Waals surface area contributed by atoms with E-state index in [2.05, 4.69) is 62.1 Å². The maximum atomic E-state index is 4.07. The molecule has 1 unspecified atom stereocenters. The monoisotopic (exact) mass is 291 g/mol. The van der Waals surface area contributed by atoms with Gasteiger partial charge in [0.1, 0.15) is 0 Å². The van der Waals surface area contributed by atoms with Gasteiger partial charge in [0.2, 0.25) is 0 Å². The Kier molecular flexibility index (Phi) is 7.91. The minimum atomic E-state index is 0.349. The molecule has 0 radical (unpaired) electrons. The van der Waals surface area contributed by atoms with Gasteiger partial charge in [-0.15, -0.1) is 0 Å². The number of hydrogen-bond donors (Lipinski definition) is 1. The van der Waals surface area contributed by atoms with Gasteiger partial charge in [-0.05, 0) is 55.5 Å². The third kappa shape index (κ3) is 7.58. The molecule has 3 nitrogen and oxygen atoms in total. The summed E-state index contributed by atoms with van der Waals surface area (Å²) in [4.78, 5) is 6.53. The van der Waals surface area contributed by atoms with Crippen LogP contribution in [0.3, 0.4) is 0 Å². The zero-order chi connectivity index (χ0) is 15.7. The van der Waals surface area contributed by atoms with Crippen LogP contribution < -0.4 is 5.32 Å². The van der Waals surface area contributed by atoms with Crippen LogP contribution in [-0.2, 0) is 6.42 Å². The Hall–Kier alpha value is -0.930. The van der Waals surface area contributed by atoms with Gasteiger partial charge in [-0.1, -0.05) is 27.7 Å². The van der Waals surface area contributed by atoms with Crippen LogP contribution in [0.15, 0.2) is 24.5 Å². The summed E-state index contributed by atoms with van der Waals surface area (Å²) in [6.07, 6.45) is 6.05. The Labute approximate surface area is 131 Å². The van der Waals surface area contributed by atoms with Crippen molar-refractivity contribution < 1.29 is 0 Å². The smallest absolute Gasteiger partial charge is 0.0270 e. The molecule has 0 aliphatic rings. The fourth-order valence-electron chi connectivity index (χ4n) is 2.56. The highest BCUT2D eigenvalue weighted by Crippen LogP contribution is 2.21. The summed E-state index contributed by atoms with van der Waals surface area (Å²) in [7, 11) is 2.23. The van der Waals surface area contributed by atoms with E-state index in [-0.39, 0.29) is 0 Å². The molecule has 0 amide bonds. The average Bonchev–Trinajstić information content (AvgIpc) is 2.46. The van der Waals surface area contributed by atoms with Gasteiger partial charge >= 0.3 is 0 Å². The minimum absolute atomic E-state index is 0.349. The van der Waals surface area contributed by atoms with E-state index in [1.54, 1.807) is 0 Å². The molecule has 1 atom stereocenters. The van der Waals surface area contributed by atoms with Crippen LogP contribution in [0, 0.1) is 11.3 Å². The molecular weight excluding hydrogens is 258 g/mol. The molecule has 0 aliphatic heterocycles. The number of nitrogens with zero attached hydrogens (tertiary/aromatic N) is 2. The average molecular weight is 291 g/mol. The van der Waals surface area contributed by atoms with Gasteiger partial charge in [0.25, 0.3) is 0 Å². The number of rotatable bonds is 10. The number of pyridine rings is 1. The Bertz CT molecular complexity index is 377. The van der Waals surface area contributed by atoms with E-state index < -0.39 is 0 Å². The summed E-state index contributed by atoms with van der Waals surface area (Å²) < 4.78 is 0. The zero-order valence-corrected chi connectivity index (χ0v) is 14.5. The normalized spacial score (nSPS) is 14.6. The van der Waals surface area contributed by atoms with Crippen molar-refractivity contribution in [2.24, 2.45) is 11.3 Å². The Morgan fingerprint density at radius 3 is 2.52 bits per heavy atom. The number of nitrogens with one attached hydrogen (secondary N) is 1. The predicted octanol–water partition coefficient (Wildman–Crippen LogP) is 3.22. The van der Waals surface area contributed by atoms with Crippen molar-refractivity contribution in [2.45, 2.75) is 40.5 Å².